The fraction of sp³-hybridized carbons (Fsp3) is 0.238. The second kappa shape index (κ2) is 9.28. The summed E-state index contributed by atoms with van der Waals surface area (Å²) in [7, 11) is 0. The number of nitrogens with two attached hydrogens (primary N) is 1. The van der Waals surface area contributed by atoms with Gasteiger partial charge in [-0.1, -0.05) is 49.2 Å². The van der Waals surface area contributed by atoms with E-state index >= 15 is 0 Å². The van der Waals surface area contributed by atoms with Crippen LogP contribution in [0.4, 0.5) is 5.69 Å². The molecule has 6 nitrogen and oxygen atoms in total. The first kappa shape index (κ1) is 19.8. The lowest BCUT2D eigenvalue weighted by atomic mass is 10.1. The molecule has 0 aromatic heterocycles. The lowest BCUT2D eigenvalue weighted by Crippen LogP contribution is -2.39. The van der Waals surface area contributed by atoms with Crippen molar-refractivity contribution in [2.24, 2.45) is 16.8 Å². The molecule has 0 saturated heterocycles. The summed E-state index contributed by atoms with van der Waals surface area (Å²) in [5.41, 5.74) is 6.88. The van der Waals surface area contributed by atoms with Crippen LogP contribution in [0, 0.1) is 5.92 Å². The van der Waals surface area contributed by atoms with Crippen LogP contribution < -0.4 is 15.5 Å². The molecule has 1 aliphatic heterocycles. The Morgan fingerprint density at radius 3 is 2.71 bits per heavy atom. The van der Waals surface area contributed by atoms with Gasteiger partial charge in [0.15, 0.2) is 0 Å². The second-order valence-electron chi connectivity index (χ2n) is 6.24. The van der Waals surface area contributed by atoms with Crippen LogP contribution >= 0.6 is 11.6 Å². The minimum Gasteiger partial charge on any atom is -0.478 e. The number of hydrazone groups is 1. The molecular formula is C21H22ClN3O3. The van der Waals surface area contributed by atoms with E-state index in [1.165, 1.54) is 0 Å². The third-order valence-corrected chi connectivity index (χ3v) is 4.30. The number of ether oxygens (including phenoxy) is 2. The highest BCUT2D eigenvalue weighted by molar-refractivity contribution is 6.30. The topological polar surface area (TPSA) is 77.1 Å². The predicted octanol–water partition coefficient (Wildman–Crippen LogP) is 4.31. The average Bonchev–Trinajstić information content (AvgIpc) is 2.69. The van der Waals surface area contributed by atoms with Crippen molar-refractivity contribution in [1.82, 2.24) is 0 Å². The molecule has 3 rings (SSSR count). The van der Waals surface area contributed by atoms with Crippen LogP contribution in [0.3, 0.4) is 0 Å². The SMILES string of the molecule is CCCCOC1=CC(C(=O)Oc2cccc(Cl)c2)C(N)=NN1c1ccccc1. The first-order valence-electron chi connectivity index (χ1n) is 9.09. The molecule has 28 heavy (non-hydrogen) atoms. The van der Waals surface area contributed by atoms with Crippen molar-refractivity contribution in [3.63, 3.8) is 0 Å². The van der Waals surface area contributed by atoms with Gasteiger partial charge in [0, 0.05) is 5.02 Å². The van der Waals surface area contributed by atoms with Crippen LogP contribution in [0.5, 0.6) is 5.75 Å². The number of benzene rings is 2. The number of halogens is 1. The number of amidine groups is 1. The van der Waals surface area contributed by atoms with Crippen molar-refractivity contribution in [3.05, 3.63) is 71.6 Å². The standard InChI is InChI=1S/C21H22ClN3O3/c1-2-3-12-27-19-14-18(21(26)28-17-11-7-8-15(22)13-17)20(23)24-25(19)16-9-5-4-6-10-16/h4-11,13-14,18H,2-3,12H2,1H3,(H2,23,24). The molecule has 0 amide bonds. The molecule has 2 aromatic rings. The third kappa shape index (κ3) is 4.84. The Kier molecular flexibility index (Phi) is 6.55. The van der Waals surface area contributed by atoms with Gasteiger partial charge in [-0.15, -0.1) is 0 Å². The zero-order valence-corrected chi connectivity index (χ0v) is 16.3. The molecular weight excluding hydrogens is 378 g/mol. The van der Waals surface area contributed by atoms with E-state index < -0.39 is 11.9 Å². The molecule has 7 heteroatoms. The van der Waals surface area contributed by atoms with Crippen LogP contribution in [0.25, 0.3) is 0 Å². The Bertz CT molecular complexity index is 883. The van der Waals surface area contributed by atoms with Gasteiger partial charge in [0.05, 0.1) is 12.3 Å². The molecule has 2 N–H and O–H groups in total. The van der Waals surface area contributed by atoms with Crippen molar-refractivity contribution in [2.75, 3.05) is 11.6 Å². The largest absolute Gasteiger partial charge is 0.478 e. The summed E-state index contributed by atoms with van der Waals surface area (Å²) in [5.74, 6) is -0.485. The van der Waals surface area contributed by atoms with Gasteiger partial charge in [-0.05, 0) is 42.8 Å². The van der Waals surface area contributed by atoms with E-state index in [1.54, 1.807) is 35.4 Å². The minimum absolute atomic E-state index is 0.124. The third-order valence-electron chi connectivity index (χ3n) is 4.07. The molecule has 1 atom stereocenters. The molecule has 1 heterocycles. The number of para-hydroxylation sites is 1. The molecule has 0 saturated carbocycles. The Morgan fingerprint density at radius 2 is 2.00 bits per heavy atom. The summed E-state index contributed by atoms with van der Waals surface area (Å²) in [6, 6.07) is 16.1. The van der Waals surface area contributed by atoms with Gasteiger partial charge in [0.2, 0.25) is 5.88 Å². The number of unbranched alkanes of at least 4 members (excludes halogenated alkanes) is 1. The molecule has 146 valence electrons. The summed E-state index contributed by atoms with van der Waals surface area (Å²) in [5, 5.41) is 6.45. The number of nitrogens with zero attached hydrogens (tertiary/aromatic N) is 2. The number of carbonyl (C=O) groups excluding carboxylic acids is 1. The normalized spacial score (nSPS) is 16.2. The smallest absolute Gasteiger partial charge is 0.326 e. The molecule has 0 spiro atoms. The maximum absolute atomic E-state index is 12.7. The van der Waals surface area contributed by atoms with E-state index in [2.05, 4.69) is 12.0 Å². The zero-order chi connectivity index (χ0) is 19.9. The average molecular weight is 400 g/mol. The van der Waals surface area contributed by atoms with E-state index in [-0.39, 0.29) is 5.84 Å². The highest BCUT2D eigenvalue weighted by Crippen LogP contribution is 2.27. The molecule has 1 unspecified atom stereocenters. The lowest BCUT2D eigenvalue weighted by Gasteiger charge is -2.28. The number of esters is 1. The summed E-state index contributed by atoms with van der Waals surface area (Å²) in [4.78, 5) is 12.7. The van der Waals surface area contributed by atoms with Gasteiger partial charge < -0.3 is 15.2 Å². The highest BCUT2D eigenvalue weighted by atomic mass is 35.5. The van der Waals surface area contributed by atoms with Gasteiger partial charge >= 0.3 is 5.97 Å². The number of hydrogen-bond acceptors (Lipinski definition) is 6. The second-order valence-corrected chi connectivity index (χ2v) is 6.67. The van der Waals surface area contributed by atoms with Gasteiger partial charge in [-0.25, -0.2) is 0 Å². The van der Waals surface area contributed by atoms with E-state index in [1.807, 2.05) is 30.3 Å². The zero-order valence-electron chi connectivity index (χ0n) is 15.5. The van der Waals surface area contributed by atoms with Crippen molar-refractivity contribution < 1.29 is 14.3 Å². The monoisotopic (exact) mass is 399 g/mol. The quantitative estimate of drug-likeness (QED) is 0.426. The van der Waals surface area contributed by atoms with Crippen molar-refractivity contribution >= 4 is 29.1 Å². The Labute approximate surface area is 169 Å². The Balaban J connectivity index is 1.84. The van der Waals surface area contributed by atoms with E-state index in [0.717, 1.165) is 18.5 Å². The maximum atomic E-state index is 12.7. The number of anilines is 1. The van der Waals surface area contributed by atoms with Gasteiger partial charge in [0.25, 0.3) is 0 Å². The lowest BCUT2D eigenvalue weighted by molar-refractivity contribution is -0.135. The molecule has 0 radical (unpaired) electrons. The fourth-order valence-electron chi connectivity index (χ4n) is 2.61. The Morgan fingerprint density at radius 1 is 1.21 bits per heavy atom. The van der Waals surface area contributed by atoms with E-state index in [4.69, 9.17) is 26.8 Å². The van der Waals surface area contributed by atoms with Crippen LogP contribution in [-0.2, 0) is 9.53 Å². The Hall–Kier alpha value is -2.99. The molecule has 0 fully saturated rings. The maximum Gasteiger partial charge on any atom is 0.326 e. The summed E-state index contributed by atoms with van der Waals surface area (Å²) >= 11 is 5.95. The predicted molar refractivity (Wildman–Crippen MR) is 110 cm³/mol. The summed E-state index contributed by atoms with van der Waals surface area (Å²) in [6.45, 7) is 2.59. The molecule has 1 aliphatic rings. The van der Waals surface area contributed by atoms with E-state index in [0.29, 0.717) is 23.3 Å². The minimum atomic E-state index is -0.851. The van der Waals surface area contributed by atoms with Crippen LogP contribution in [0.1, 0.15) is 19.8 Å². The number of hydrogen-bond donors (Lipinski definition) is 1. The molecule has 0 bridgehead atoms. The van der Waals surface area contributed by atoms with Gasteiger partial charge in [0.1, 0.15) is 17.5 Å². The number of carbonyl (C=O) groups is 1. The van der Waals surface area contributed by atoms with Crippen LogP contribution in [0.15, 0.2) is 71.7 Å². The highest BCUT2D eigenvalue weighted by Gasteiger charge is 2.31. The molecule has 2 aromatic carbocycles. The van der Waals surface area contributed by atoms with Gasteiger partial charge in [-0.3, -0.25) is 4.79 Å². The summed E-state index contributed by atoms with van der Waals surface area (Å²) in [6.07, 6.45) is 3.51. The van der Waals surface area contributed by atoms with Crippen molar-refractivity contribution in [3.8, 4) is 5.75 Å². The molecule has 0 aliphatic carbocycles. The first-order valence-corrected chi connectivity index (χ1v) is 9.47. The first-order chi connectivity index (χ1) is 13.6. The van der Waals surface area contributed by atoms with Gasteiger partial charge in [-0.2, -0.15) is 10.1 Å². The number of rotatable bonds is 7. The van der Waals surface area contributed by atoms with Crippen LogP contribution in [-0.4, -0.2) is 18.4 Å². The van der Waals surface area contributed by atoms with Crippen LogP contribution in [0.2, 0.25) is 5.02 Å². The van der Waals surface area contributed by atoms with Crippen molar-refractivity contribution in [2.45, 2.75) is 19.8 Å². The van der Waals surface area contributed by atoms with Crippen molar-refractivity contribution in [1.29, 1.82) is 0 Å². The summed E-state index contributed by atoms with van der Waals surface area (Å²) < 4.78 is 11.3. The fourth-order valence-corrected chi connectivity index (χ4v) is 2.79. The van der Waals surface area contributed by atoms with E-state index in [9.17, 15) is 4.79 Å².